The second-order valence-electron chi connectivity index (χ2n) is 35.4. The van der Waals surface area contributed by atoms with Crippen LogP contribution in [0.2, 0.25) is 0 Å². The maximum Gasteiger partial charge on any atom is 0.355 e. The Morgan fingerprint density at radius 2 is 0.785 bits per heavy atom. The molecule has 135 heavy (non-hydrogen) atoms. The highest BCUT2D eigenvalue weighted by Crippen LogP contribution is 2.52. The molecule has 9 aromatic heterocycles. The summed E-state index contributed by atoms with van der Waals surface area (Å²) in [4.78, 5) is 141. The molecule has 4 aliphatic carbocycles. The van der Waals surface area contributed by atoms with Crippen LogP contribution in [-0.2, 0) is 14.4 Å². The van der Waals surface area contributed by atoms with E-state index in [1.165, 1.54) is 108 Å². The smallest absolute Gasteiger partial charge is 0.355 e. The normalized spacial score (nSPS) is 18.4. The Morgan fingerprint density at radius 3 is 1.13 bits per heavy atom. The van der Waals surface area contributed by atoms with Gasteiger partial charge >= 0.3 is 29.1 Å². The number of nitrogens with two attached hydrogens (primary N) is 1. The van der Waals surface area contributed by atoms with Gasteiger partial charge in [-0.1, -0.05) is 51.8 Å². The van der Waals surface area contributed by atoms with E-state index in [4.69, 9.17) is 19.9 Å². The first kappa shape index (κ1) is 92.1. The van der Waals surface area contributed by atoms with Gasteiger partial charge in [-0.25, -0.2) is 74.4 Å². The summed E-state index contributed by atoms with van der Waals surface area (Å²) < 4.78 is 114. The van der Waals surface area contributed by atoms with Gasteiger partial charge in [-0.15, -0.1) is 0 Å². The number of aromatic nitrogens is 14. The first-order valence-electron chi connectivity index (χ1n) is 44.6. The third-order valence-corrected chi connectivity index (χ3v) is 25.6. The number of piperazine rings is 3. The molecule has 700 valence electrons. The standard InChI is InChI=1S/C33H34F2N8O3.C33H33F2N7O4.C31H32F2N6O4/c1-5-24(44)41-14-17(3)42(15-16(41)2)30-20-13-22(35)28(25-21(34)7-6-8-23(25)36)37-31(20)43(33(45)40-30)29-26(18-9-10-18)38-32(46-4)39-27(29)19-11-12-19;1-5-24(44)40-14-17(3)41(15-16(40)2)30-20-13-22(35)28(25-21(34)7-6-8-23(25)43)36-31(20)42(33(45)39-30)29-26(18-9-10-18)37-32(46-4)38-27(29)19-11-12-19;1-7-24(41)37-11-12-38(18(5)15-37)29-19-14-21(33)27(25-20(32)9-8-10-22(25)40)35-30(19)39(31(42)36-29)28-17(4)13-23(43-6)34-26(28)16(2)3/h5-8,13,16-19H,1,9-12,14-15,36H2,2-4H3;5-8,13,16-19,43H,1,9-12,14-15H2,2-4H3;7-10,13-14,16,18,40H,1,11-12,15H2,2-6H3/t2*16-,17+;18-/m110/s1. The lowest BCUT2D eigenvalue weighted by molar-refractivity contribution is -0.129. The average molecular weight is 1850 g/mol. The predicted octanol–water partition coefficient (Wildman–Crippen LogP) is 13.6. The average Bonchev–Trinajstić information content (AvgIpc) is 1.49. The minimum Gasteiger partial charge on any atom is -0.507 e. The molecule has 7 aliphatic rings. The number of benzene rings is 3. The molecule has 5 atom stereocenters. The lowest BCUT2D eigenvalue weighted by Gasteiger charge is -2.44. The first-order chi connectivity index (χ1) is 64.7. The van der Waals surface area contributed by atoms with Gasteiger partial charge in [0.05, 0.1) is 99.7 Å². The summed E-state index contributed by atoms with van der Waals surface area (Å²) >= 11 is 0. The monoisotopic (exact) mass is 1850 g/mol. The Hall–Kier alpha value is -14.8. The van der Waals surface area contributed by atoms with Crippen LogP contribution in [0.1, 0.15) is 163 Å². The molecule has 38 heteroatoms. The molecule has 3 aliphatic heterocycles. The quantitative estimate of drug-likeness (QED) is 0.0362. The highest BCUT2D eigenvalue weighted by atomic mass is 19.1. The minimum atomic E-state index is -0.914. The number of nitrogens with zero attached hydrogens (tertiary/aromatic N) is 20. The van der Waals surface area contributed by atoms with Crippen LogP contribution in [0.25, 0.3) is 83.9 Å². The van der Waals surface area contributed by atoms with Gasteiger partial charge < -0.3 is 59.6 Å². The summed E-state index contributed by atoms with van der Waals surface area (Å²) in [6.45, 7) is 28.0. The molecular weight excluding hydrogens is 1750 g/mol. The lowest BCUT2D eigenvalue weighted by atomic mass is 10.0. The van der Waals surface area contributed by atoms with Gasteiger partial charge in [-0.05, 0) is 177 Å². The molecule has 4 saturated carbocycles. The second kappa shape index (κ2) is 36.7. The summed E-state index contributed by atoms with van der Waals surface area (Å²) in [5.41, 5.74) is 6.85. The highest BCUT2D eigenvalue weighted by Gasteiger charge is 2.44. The molecule has 4 N–H and O–H groups in total. The Bertz CT molecular complexity index is 6670. The van der Waals surface area contributed by atoms with Gasteiger partial charge in [0, 0.05) is 111 Å². The van der Waals surface area contributed by atoms with E-state index < -0.39 is 86.0 Å². The summed E-state index contributed by atoms with van der Waals surface area (Å²) in [5.74, 6) is -5.75. The van der Waals surface area contributed by atoms with Crippen LogP contribution in [0, 0.1) is 41.8 Å². The van der Waals surface area contributed by atoms with E-state index in [2.05, 4.69) is 74.6 Å². The number of hydrogen-bond donors (Lipinski definition) is 3. The van der Waals surface area contributed by atoms with Crippen molar-refractivity contribution >= 4 is 74.0 Å². The highest BCUT2D eigenvalue weighted by molar-refractivity contribution is 5.96. The van der Waals surface area contributed by atoms with Crippen LogP contribution in [0.5, 0.6) is 29.4 Å². The third-order valence-electron chi connectivity index (χ3n) is 25.6. The Morgan fingerprint density at radius 1 is 0.430 bits per heavy atom. The number of rotatable bonds is 20. The Labute approximate surface area is 770 Å². The number of phenols is 2. The molecule has 12 heterocycles. The number of anilines is 4. The topological polar surface area (TPSA) is 373 Å². The number of ether oxygens (including phenoxy) is 3. The van der Waals surface area contributed by atoms with Crippen molar-refractivity contribution in [2.75, 3.05) is 87.6 Å². The van der Waals surface area contributed by atoms with Crippen molar-refractivity contribution in [2.45, 2.75) is 167 Å². The van der Waals surface area contributed by atoms with Crippen molar-refractivity contribution < 1.29 is 65.1 Å². The van der Waals surface area contributed by atoms with Crippen molar-refractivity contribution in [1.29, 1.82) is 0 Å². The maximum absolute atomic E-state index is 16.1. The fourth-order valence-electron chi connectivity index (χ4n) is 18.3. The molecule has 3 saturated heterocycles. The van der Waals surface area contributed by atoms with E-state index >= 15 is 22.0 Å². The number of carbonyl (C=O) groups excluding carboxylic acids is 3. The van der Waals surface area contributed by atoms with Crippen LogP contribution in [-0.4, -0.2) is 209 Å². The fraction of sp³-hybridized carbons (Fsp3) is 0.371. The molecule has 0 bridgehead atoms. The molecule has 32 nitrogen and oxygen atoms in total. The summed E-state index contributed by atoms with van der Waals surface area (Å²) in [7, 11) is 4.48. The molecule has 7 fully saturated rings. The van der Waals surface area contributed by atoms with Crippen molar-refractivity contribution in [2.24, 2.45) is 0 Å². The third kappa shape index (κ3) is 17.3. The molecule has 0 radical (unpaired) electrons. The Balaban J connectivity index is 0.000000141. The van der Waals surface area contributed by atoms with Gasteiger partial charge in [0.15, 0.2) is 34.4 Å². The van der Waals surface area contributed by atoms with E-state index in [1.807, 2.05) is 63.2 Å². The molecule has 0 unspecified atom stereocenters. The van der Waals surface area contributed by atoms with Crippen molar-refractivity contribution in [3.8, 4) is 80.2 Å². The zero-order chi connectivity index (χ0) is 96.0. The van der Waals surface area contributed by atoms with Gasteiger partial charge in [-0.3, -0.25) is 14.4 Å². The number of amides is 3. The Kier molecular flexibility index (Phi) is 25.0. The minimum absolute atomic E-state index is 0.00261. The van der Waals surface area contributed by atoms with E-state index in [9.17, 15) is 43.4 Å². The van der Waals surface area contributed by atoms with Crippen LogP contribution in [0.15, 0.2) is 131 Å². The largest absolute Gasteiger partial charge is 0.507 e. The van der Waals surface area contributed by atoms with Crippen LogP contribution in [0.4, 0.5) is 49.5 Å². The maximum atomic E-state index is 16.1. The number of fused-ring (bicyclic) bond motifs is 3. The number of aromatic hydroxyl groups is 2. The van der Waals surface area contributed by atoms with E-state index in [-0.39, 0.29) is 157 Å². The molecular formula is C97H99F6N21O11. The second-order valence-corrected chi connectivity index (χ2v) is 35.4. The van der Waals surface area contributed by atoms with Crippen molar-refractivity contribution in [1.82, 2.24) is 83.2 Å². The van der Waals surface area contributed by atoms with Crippen molar-refractivity contribution in [3.63, 3.8) is 0 Å². The van der Waals surface area contributed by atoms with Crippen LogP contribution < -0.4 is 51.7 Å². The lowest BCUT2D eigenvalue weighted by Crippen LogP contribution is -2.58. The van der Waals surface area contributed by atoms with Gasteiger partial charge in [0.25, 0.3) is 0 Å². The zero-order valence-corrected chi connectivity index (χ0v) is 76.1. The fourth-order valence-corrected chi connectivity index (χ4v) is 18.3. The molecule has 3 amide bonds. The molecule has 19 rings (SSSR count). The summed E-state index contributed by atoms with van der Waals surface area (Å²) in [5, 5.41) is 21.7. The van der Waals surface area contributed by atoms with E-state index in [0.29, 0.717) is 103 Å². The van der Waals surface area contributed by atoms with Crippen molar-refractivity contribution in [3.05, 3.63) is 217 Å². The number of methoxy groups -OCH3 is 3. The van der Waals surface area contributed by atoms with Crippen LogP contribution >= 0.6 is 0 Å². The van der Waals surface area contributed by atoms with Gasteiger partial charge in [-0.2, -0.15) is 34.9 Å². The predicted molar refractivity (Wildman–Crippen MR) is 495 cm³/mol. The number of hydrogen-bond acceptors (Lipinski definition) is 26. The van der Waals surface area contributed by atoms with E-state index in [1.54, 1.807) is 27.7 Å². The number of pyridine rings is 4. The van der Waals surface area contributed by atoms with Gasteiger partial charge in [0.1, 0.15) is 63.5 Å². The zero-order valence-electron chi connectivity index (χ0n) is 76.1. The molecule has 12 aromatic rings. The summed E-state index contributed by atoms with van der Waals surface area (Å²) in [6, 6.07) is 15.6. The van der Waals surface area contributed by atoms with Crippen LogP contribution in [0.3, 0.4) is 0 Å². The number of aryl methyl sites for hydroxylation is 1. The molecule has 3 aromatic carbocycles. The van der Waals surface area contributed by atoms with Gasteiger partial charge in [0.2, 0.25) is 23.6 Å². The summed E-state index contributed by atoms with van der Waals surface area (Å²) in [6.07, 6.45) is 10.7. The number of halogens is 6. The first-order valence-corrected chi connectivity index (χ1v) is 44.6. The van der Waals surface area contributed by atoms with E-state index in [0.717, 1.165) is 69.6 Å². The SMILES string of the molecule is C=CC(=O)N1CCN(c2nc(=O)n(-c3c(C)cc(OC)nc3C(C)C)c3nc(-c4c(O)cccc4F)c(F)cc23)[C@@H](C)C1.C=CC(=O)N1C[C@H](C)N(c2nc(=O)n(-c3c(C4CC4)nc(OC)nc3C3CC3)c3nc(-c4c(N)cccc4F)c(F)cc23)C[C@H]1C.C=CC(=O)N1C[C@H](C)N(c2nc(=O)n(-c3c(C4CC4)nc(OC)nc3C3CC3)c3nc(-c4c(O)cccc4F)c(F)cc23)C[C@H]1C. The number of nitrogen functional groups attached to an aromatic ring is 1. The number of carbonyl (C=O) groups is 3. The number of phenolic OH excluding ortho intramolecular Hbond substituents is 2. The molecule has 0 spiro atoms.